The number of hydrogen-bond donors (Lipinski definition) is 0. The van der Waals surface area contributed by atoms with E-state index in [2.05, 4.69) is 15.0 Å². The van der Waals surface area contributed by atoms with Gasteiger partial charge in [-0.05, 0) is 49.6 Å². The van der Waals surface area contributed by atoms with Gasteiger partial charge >= 0.3 is 0 Å². The van der Waals surface area contributed by atoms with E-state index in [-0.39, 0.29) is 11.9 Å². The monoisotopic (exact) mass is 357 g/mol. The fraction of sp³-hybridized carbons (Fsp3) is 0.238. The van der Waals surface area contributed by atoms with Gasteiger partial charge < -0.3 is 4.90 Å². The van der Waals surface area contributed by atoms with Crippen LogP contribution in [0.25, 0.3) is 16.7 Å². The van der Waals surface area contributed by atoms with Crippen molar-refractivity contribution in [2.75, 3.05) is 6.54 Å². The summed E-state index contributed by atoms with van der Waals surface area (Å²) in [6, 6.07) is 11.6. The molecule has 27 heavy (non-hydrogen) atoms. The zero-order chi connectivity index (χ0) is 18.2. The largest absolute Gasteiger partial charge is 0.330 e. The number of rotatable bonds is 2. The van der Waals surface area contributed by atoms with Gasteiger partial charge in [-0.15, -0.1) is 0 Å². The van der Waals surface area contributed by atoms with Crippen molar-refractivity contribution in [3.05, 3.63) is 72.4 Å². The Morgan fingerprint density at radius 1 is 1.04 bits per heavy atom. The van der Waals surface area contributed by atoms with Gasteiger partial charge in [-0.2, -0.15) is 0 Å². The lowest BCUT2D eigenvalue weighted by Gasteiger charge is -2.35. The molecule has 6 heteroatoms. The molecule has 1 aromatic carbocycles. The Bertz CT molecular complexity index is 1140. The molecule has 3 aromatic heterocycles. The first-order valence-corrected chi connectivity index (χ1v) is 9.25. The highest BCUT2D eigenvalue weighted by Gasteiger charge is 2.30. The Morgan fingerprint density at radius 3 is 2.96 bits per heavy atom. The van der Waals surface area contributed by atoms with Crippen molar-refractivity contribution in [2.24, 2.45) is 0 Å². The van der Waals surface area contributed by atoms with Crippen molar-refractivity contribution in [1.29, 1.82) is 0 Å². The molecule has 1 aliphatic rings. The van der Waals surface area contributed by atoms with Crippen molar-refractivity contribution < 1.29 is 4.79 Å². The lowest BCUT2D eigenvalue weighted by molar-refractivity contribution is 0.0606. The molecule has 1 atom stereocenters. The van der Waals surface area contributed by atoms with Gasteiger partial charge in [-0.1, -0.05) is 6.07 Å². The molecule has 0 spiro atoms. The van der Waals surface area contributed by atoms with Crippen LogP contribution in [0.4, 0.5) is 0 Å². The molecule has 4 heterocycles. The van der Waals surface area contributed by atoms with E-state index in [1.807, 2.05) is 58.1 Å². The molecule has 0 bridgehead atoms. The standard InChI is InChI=1S/C21H19N5O/c27-20(16-6-7-17-15(14-16)4-3-9-22-17)26-11-2-1-5-19(26)18-8-12-25-13-10-23-21(25)24-18/h3-4,6-10,12-14,19H,1-2,5,11H2. The second kappa shape index (κ2) is 6.46. The van der Waals surface area contributed by atoms with E-state index in [0.717, 1.165) is 42.4 Å². The number of carbonyl (C=O) groups is 1. The van der Waals surface area contributed by atoms with Gasteiger partial charge in [0.1, 0.15) is 0 Å². The number of aromatic nitrogens is 4. The zero-order valence-corrected chi connectivity index (χ0v) is 14.8. The Balaban J connectivity index is 1.51. The predicted molar refractivity (Wildman–Crippen MR) is 102 cm³/mol. The number of likely N-dealkylation sites (tertiary alicyclic amines) is 1. The van der Waals surface area contributed by atoms with Crippen molar-refractivity contribution in [1.82, 2.24) is 24.3 Å². The Morgan fingerprint density at radius 2 is 2.00 bits per heavy atom. The third-order valence-corrected chi connectivity index (χ3v) is 5.24. The molecule has 0 saturated carbocycles. The van der Waals surface area contributed by atoms with E-state index >= 15 is 0 Å². The molecule has 1 fully saturated rings. The van der Waals surface area contributed by atoms with Crippen molar-refractivity contribution >= 4 is 22.6 Å². The molecule has 0 radical (unpaired) electrons. The van der Waals surface area contributed by atoms with E-state index < -0.39 is 0 Å². The first-order valence-electron chi connectivity index (χ1n) is 9.25. The van der Waals surface area contributed by atoms with Crippen LogP contribution in [0.5, 0.6) is 0 Å². The SMILES string of the molecule is O=C(c1ccc2ncccc2c1)N1CCCCC1c1ccn2ccnc2n1. The summed E-state index contributed by atoms with van der Waals surface area (Å²) in [6.45, 7) is 0.746. The summed E-state index contributed by atoms with van der Waals surface area (Å²) >= 11 is 0. The smallest absolute Gasteiger partial charge is 0.254 e. The molecular formula is C21H19N5O. The minimum atomic E-state index is -0.0162. The number of piperidine rings is 1. The van der Waals surface area contributed by atoms with Gasteiger partial charge in [0.05, 0.1) is 17.3 Å². The highest BCUT2D eigenvalue weighted by atomic mass is 16.2. The average molecular weight is 357 g/mol. The van der Waals surface area contributed by atoms with Crippen LogP contribution in [0.2, 0.25) is 0 Å². The van der Waals surface area contributed by atoms with E-state index in [0.29, 0.717) is 11.3 Å². The van der Waals surface area contributed by atoms with Crippen LogP contribution < -0.4 is 0 Å². The van der Waals surface area contributed by atoms with Crippen LogP contribution in [0.1, 0.15) is 41.4 Å². The minimum Gasteiger partial charge on any atom is -0.330 e. The molecular weight excluding hydrogens is 338 g/mol. The van der Waals surface area contributed by atoms with Crippen LogP contribution >= 0.6 is 0 Å². The Labute approximate surface area is 156 Å². The topological polar surface area (TPSA) is 63.4 Å². The Hall–Kier alpha value is -3.28. The maximum absolute atomic E-state index is 13.3. The number of hydrogen-bond acceptors (Lipinski definition) is 4. The van der Waals surface area contributed by atoms with Crippen LogP contribution in [-0.4, -0.2) is 36.7 Å². The van der Waals surface area contributed by atoms with Crippen molar-refractivity contribution in [3.63, 3.8) is 0 Å². The molecule has 0 N–H and O–H groups in total. The van der Waals surface area contributed by atoms with E-state index in [4.69, 9.17) is 0 Å². The van der Waals surface area contributed by atoms with Crippen LogP contribution in [0.15, 0.2) is 61.2 Å². The summed E-state index contributed by atoms with van der Waals surface area (Å²) in [5.74, 6) is 0.720. The normalized spacial score (nSPS) is 17.5. The summed E-state index contributed by atoms with van der Waals surface area (Å²) in [5, 5.41) is 0.980. The highest BCUT2D eigenvalue weighted by molar-refractivity contribution is 5.98. The Kier molecular flexibility index (Phi) is 3.81. The van der Waals surface area contributed by atoms with E-state index in [1.54, 1.807) is 12.4 Å². The molecule has 134 valence electrons. The van der Waals surface area contributed by atoms with Gasteiger partial charge in [-0.3, -0.25) is 14.2 Å². The lowest BCUT2D eigenvalue weighted by atomic mass is 9.97. The summed E-state index contributed by atoms with van der Waals surface area (Å²) in [5.41, 5.74) is 2.50. The number of amides is 1. The fourth-order valence-electron chi connectivity index (χ4n) is 3.86. The van der Waals surface area contributed by atoms with Gasteiger partial charge in [0.25, 0.3) is 5.91 Å². The van der Waals surface area contributed by atoms with Crippen molar-refractivity contribution in [2.45, 2.75) is 25.3 Å². The molecule has 1 aliphatic heterocycles. The number of nitrogens with zero attached hydrogens (tertiary/aromatic N) is 5. The number of imidazole rings is 1. The maximum Gasteiger partial charge on any atom is 0.254 e. The zero-order valence-electron chi connectivity index (χ0n) is 14.8. The summed E-state index contributed by atoms with van der Waals surface area (Å²) in [4.78, 5) is 28.6. The fourth-order valence-corrected chi connectivity index (χ4v) is 3.86. The first kappa shape index (κ1) is 15.9. The molecule has 6 nitrogen and oxygen atoms in total. The van der Waals surface area contributed by atoms with Crippen LogP contribution in [0.3, 0.4) is 0 Å². The number of carbonyl (C=O) groups excluding carboxylic acids is 1. The van der Waals surface area contributed by atoms with Gasteiger partial charge in [0, 0.05) is 42.3 Å². The van der Waals surface area contributed by atoms with Crippen LogP contribution in [0, 0.1) is 0 Å². The summed E-state index contributed by atoms with van der Waals surface area (Å²) in [7, 11) is 0. The minimum absolute atomic E-state index is 0.0162. The molecule has 1 amide bonds. The number of benzene rings is 1. The van der Waals surface area contributed by atoms with Crippen molar-refractivity contribution in [3.8, 4) is 0 Å². The second-order valence-electron chi connectivity index (χ2n) is 6.91. The molecule has 4 aromatic rings. The third kappa shape index (κ3) is 2.83. The summed E-state index contributed by atoms with van der Waals surface area (Å²) in [6.07, 6.45) is 10.4. The quantitative estimate of drug-likeness (QED) is 0.549. The van der Waals surface area contributed by atoms with E-state index in [9.17, 15) is 4.79 Å². The number of fused-ring (bicyclic) bond motifs is 2. The average Bonchev–Trinajstić information content (AvgIpc) is 3.21. The molecule has 5 rings (SSSR count). The second-order valence-corrected chi connectivity index (χ2v) is 6.91. The maximum atomic E-state index is 13.3. The molecule has 1 unspecified atom stereocenters. The highest BCUT2D eigenvalue weighted by Crippen LogP contribution is 2.31. The van der Waals surface area contributed by atoms with Gasteiger partial charge in [0.2, 0.25) is 5.78 Å². The van der Waals surface area contributed by atoms with Gasteiger partial charge in [0.15, 0.2) is 0 Å². The summed E-state index contributed by atoms with van der Waals surface area (Å²) < 4.78 is 1.88. The van der Waals surface area contributed by atoms with Crippen LogP contribution in [-0.2, 0) is 0 Å². The first-order chi connectivity index (χ1) is 13.3. The predicted octanol–water partition coefficient (Wildman–Crippen LogP) is 3.64. The molecule has 1 saturated heterocycles. The third-order valence-electron chi connectivity index (χ3n) is 5.24. The van der Waals surface area contributed by atoms with Gasteiger partial charge in [-0.25, -0.2) is 9.97 Å². The van der Waals surface area contributed by atoms with E-state index in [1.165, 1.54) is 0 Å². The molecule has 0 aliphatic carbocycles. The lowest BCUT2D eigenvalue weighted by Crippen LogP contribution is -2.39. The number of pyridine rings is 1.